The van der Waals surface area contributed by atoms with Crippen molar-refractivity contribution in [2.24, 2.45) is 0 Å². The highest BCUT2D eigenvalue weighted by atomic mass is 15.0. The Hall–Kier alpha value is -6.39. The Morgan fingerprint density at radius 2 is 0.851 bits per heavy atom. The second-order valence-electron chi connectivity index (χ2n) is 12.1. The van der Waals surface area contributed by atoms with Gasteiger partial charge in [-0.05, 0) is 62.6 Å². The minimum Gasteiger partial charge on any atom is -0.306 e. The van der Waals surface area contributed by atoms with Crippen LogP contribution >= 0.6 is 0 Å². The molecule has 10 rings (SSSR count). The van der Waals surface area contributed by atoms with Gasteiger partial charge in [0.1, 0.15) is 5.65 Å². The fourth-order valence-electron chi connectivity index (χ4n) is 7.04. The maximum absolute atomic E-state index is 5.26. The number of aromatic nitrogens is 4. The number of pyridine rings is 3. The molecule has 4 aromatic heterocycles. The normalized spacial score (nSPS) is 11.8. The van der Waals surface area contributed by atoms with E-state index in [1.807, 2.05) is 28.8 Å². The molecule has 6 aromatic carbocycles. The molecule has 0 aliphatic heterocycles. The Morgan fingerprint density at radius 3 is 1.47 bits per heavy atom. The standard InChI is InChI=1S/C43H26N4/c1-2-9-34-32(7-1)33-8-3-4-10-35(33)37-25-31(18-21-36(34)37)39-23-20-30-17-16-29-19-22-38(45-42(29)43(30)46-39)27-12-14-28(15-13-27)40-26-47-24-6-5-11-41(47)44-40/h1-26H. The maximum Gasteiger partial charge on any atom is 0.137 e. The molecule has 0 saturated heterocycles. The van der Waals surface area contributed by atoms with Crippen molar-refractivity contribution in [1.82, 2.24) is 19.4 Å². The van der Waals surface area contributed by atoms with Crippen molar-refractivity contribution in [3.8, 4) is 33.8 Å². The summed E-state index contributed by atoms with van der Waals surface area (Å²) < 4.78 is 2.04. The van der Waals surface area contributed by atoms with Crippen molar-refractivity contribution in [3.63, 3.8) is 0 Å². The summed E-state index contributed by atoms with van der Waals surface area (Å²) in [5.41, 5.74) is 8.79. The number of rotatable bonds is 3. The van der Waals surface area contributed by atoms with Crippen LogP contribution in [0.5, 0.6) is 0 Å². The first kappa shape index (κ1) is 25.9. The summed E-state index contributed by atoms with van der Waals surface area (Å²) >= 11 is 0. The van der Waals surface area contributed by atoms with Gasteiger partial charge in [0.2, 0.25) is 0 Å². The summed E-state index contributed by atoms with van der Waals surface area (Å²) in [4.78, 5) is 15.2. The molecule has 10 aromatic rings. The molecule has 4 heterocycles. The van der Waals surface area contributed by atoms with Crippen LogP contribution in [-0.4, -0.2) is 19.4 Å². The number of hydrogen-bond acceptors (Lipinski definition) is 3. The van der Waals surface area contributed by atoms with E-state index in [-0.39, 0.29) is 0 Å². The smallest absolute Gasteiger partial charge is 0.137 e. The predicted molar refractivity (Wildman–Crippen MR) is 195 cm³/mol. The predicted octanol–water partition coefficient (Wildman–Crippen LogP) is 10.9. The van der Waals surface area contributed by atoms with Gasteiger partial charge in [0.05, 0.1) is 28.1 Å². The molecular formula is C43H26N4. The largest absolute Gasteiger partial charge is 0.306 e. The van der Waals surface area contributed by atoms with Crippen molar-refractivity contribution in [1.29, 1.82) is 0 Å². The van der Waals surface area contributed by atoms with Crippen LogP contribution in [0.25, 0.3) is 93.5 Å². The summed E-state index contributed by atoms with van der Waals surface area (Å²) in [6.07, 6.45) is 4.08. The minimum absolute atomic E-state index is 0.906. The van der Waals surface area contributed by atoms with Crippen molar-refractivity contribution in [3.05, 3.63) is 158 Å². The van der Waals surface area contributed by atoms with Gasteiger partial charge in [-0.15, -0.1) is 0 Å². The molecule has 0 atom stereocenters. The molecule has 0 spiro atoms. The lowest BCUT2D eigenvalue weighted by atomic mass is 9.93. The number of hydrogen-bond donors (Lipinski definition) is 0. The zero-order valence-electron chi connectivity index (χ0n) is 25.3. The van der Waals surface area contributed by atoms with Crippen molar-refractivity contribution >= 4 is 59.8 Å². The van der Waals surface area contributed by atoms with Crippen LogP contribution in [0.15, 0.2) is 158 Å². The fraction of sp³-hybridized carbons (Fsp3) is 0. The molecule has 0 saturated carbocycles. The molecule has 0 aliphatic carbocycles. The third-order valence-electron chi connectivity index (χ3n) is 9.40. The molecule has 0 fully saturated rings. The van der Waals surface area contributed by atoms with Gasteiger partial charge >= 0.3 is 0 Å². The Bertz CT molecular complexity index is 2780. The number of imidazole rings is 1. The first-order valence-electron chi connectivity index (χ1n) is 15.9. The number of benzene rings is 6. The highest BCUT2D eigenvalue weighted by Crippen LogP contribution is 2.37. The lowest BCUT2D eigenvalue weighted by Crippen LogP contribution is -1.91. The average Bonchev–Trinajstić information content (AvgIpc) is 3.59. The van der Waals surface area contributed by atoms with E-state index in [0.29, 0.717) is 0 Å². The third-order valence-corrected chi connectivity index (χ3v) is 9.40. The van der Waals surface area contributed by atoms with Gasteiger partial charge in [-0.3, -0.25) is 0 Å². The minimum atomic E-state index is 0.906. The van der Waals surface area contributed by atoms with Gasteiger partial charge < -0.3 is 4.40 Å². The molecule has 218 valence electrons. The fourth-order valence-corrected chi connectivity index (χ4v) is 7.04. The van der Waals surface area contributed by atoms with Crippen LogP contribution < -0.4 is 0 Å². The summed E-state index contributed by atoms with van der Waals surface area (Å²) in [6, 6.07) is 51.5. The van der Waals surface area contributed by atoms with Gasteiger partial charge in [-0.25, -0.2) is 15.0 Å². The topological polar surface area (TPSA) is 43.1 Å². The molecule has 4 nitrogen and oxygen atoms in total. The summed E-state index contributed by atoms with van der Waals surface area (Å²) in [5.74, 6) is 0. The second kappa shape index (κ2) is 10.1. The van der Waals surface area contributed by atoms with Gasteiger partial charge in [0.25, 0.3) is 0 Å². The van der Waals surface area contributed by atoms with Crippen molar-refractivity contribution < 1.29 is 0 Å². The van der Waals surface area contributed by atoms with E-state index in [0.717, 1.165) is 61.2 Å². The molecule has 0 amide bonds. The molecule has 0 bridgehead atoms. The summed E-state index contributed by atoms with van der Waals surface area (Å²) in [6.45, 7) is 0. The van der Waals surface area contributed by atoms with Crippen LogP contribution in [0.3, 0.4) is 0 Å². The molecule has 0 aliphatic rings. The van der Waals surface area contributed by atoms with E-state index in [1.54, 1.807) is 0 Å². The van der Waals surface area contributed by atoms with E-state index in [9.17, 15) is 0 Å². The monoisotopic (exact) mass is 598 g/mol. The summed E-state index contributed by atoms with van der Waals surface area (Å²) in [7, 11) is 0. The van der Waals surface area contributed by atoms with Crippen LogP contribution in [0.2, 0.25) is 0 Å². The molecule has 47 heavy (non-hydrogen) atoms. The van der Waals surface area contributed by atoms with Gasteiger partial charge in [0, 0.05) is 39.9 Å². The quantitative estimate of drug-likeness (QED) is 0.190. The second-order valence-corrected chi connectivity index (χ2v) is 12.1. The van der Waals surface area contributed by atoms with E-state index < -0.39 is 0 Å². The molecule has 4 heteroatoms. The Morgan fingerprint density at radius 1 is 0.362 bits per heavy atom. The zero-order chi connectivity index (χ0) is 30.9. The van der Waals surface area contributed by atoms with Gasteiger partial charge in [-0.1, -0.05) is 115 Å². The Balaban J connectivity index is 1.09. The van der Waals surface area contributed by atoms with Crippen molar-refractivity contribution in [2.45, 2.75) is 0 Å². The number of nitrogens with zero attached hydrogens (tertiary/aromatic N) is 4. The Kier molecular flexibility index (Phi) is 5.54. The van der Waals surface area contributed by atoms with E-state index in [4.69, 9.17) is 15.0 Å². The van der Waals surface area contributed by atoms with Crippen molar-refractivity contribution in [2.75, 3.05) is 0 Å². The van der Waals surface area contributed by atoms with E-state index in [2.05, 4.69) is 134 Å². The average molecular weight is 599 g/mol. The molecule has 0 N–H and O–H groups in total. The first-order chi connectivity index (χ1) is 23.3. The van der Waals surface area contributed by atoms with Crippen LogP contribution in [-0.2, 0) is 0 Å². The lowest BCUT2D eigenvalue weighted by Gasteiger charge is -2.12. The molecule has 0 radical (unpaired) electrons. The highest BCUT2D eigenvalue weighted by Gasteiger charge is 2.13. The van der Waals surface area contributed by atoms with Gasteiger partial charge in [-0.2, -0.15) is 0 Å². The third kappa shape index (κ3) is 4.12. The summed E-state index contributed by atoms with van der Waals surface area (Å²) in [5, 5.41) is 9.73. The first-order valence-corrected chi connectivity index (χ1v) is 15.9. The van der Waals surface area contributed by atoms with E-state index in [1.165, 1.54) is 32.3 Å². The van der Waals surface area contributed by atoms with Crippen LogP contribution in [0.1, 0.15) is 0 Å². The maximum atomic E-state index is 5.26. The molecule has 0 unspecified atom stereocenters. The zero-order valence-corrected chi connectivity index (χ0v) is 25.3. The highest BCUT2D eigenvalue weighted by molar-refractivity contribution is 6.25. The van der Waals surface area contributed by atoms with Crippen LogP contribution in [0.4, 0.5) is 0 Å². The number of fused-ring (bicyclic) bond motifs is 10. The molecular weight excluding hydrogens is 573 g/mol. The van der Waals surface area contributed by atoms with E-state index >= 15 is 0 Å². The Labute approximate surface area is 270 Å². The van der Waals surface area contributed by atoms with Crippen LogP contribution in [0, 0.1) is 0 Å². The SMILES string of the molecule is c1ccc2c(c1)c1ccccc1c1cc(-c3ccc4ccc5ccc(-c6ccc(-c7cn8ccccc8n7)cc6)nc5c4n3)ccc21. The van der Waals surface area contributed by atoms with Gasteiger partial charge in [0.15, 0.2) is 0 Å². The lowest BCUT2D eigenvalue weighted by molar-refractivity contribution is 1.19.